The molecule has 0 aliphatic heterocycles. The number of halogens is 3. The number of benzene rings is 3. The number of nitrogens with one attached hydrogen (secondary N) is 3. The van der Waals surface area contributed by atoms with Gasteiger partial charge in [-0.25, -0.2) is 9.48 Å². The van der Waals surface area contributed by atoms with Gasteiger partial charge in [0.2, 0.25) is 0 Å². The highest BCUT2D eigenvalue weighted by Gasteiger charge is 2.36. The number of alkyl halides is 3. The number of aromatic nitrogens is 2. The molecule has 242 valence electrons. The van der Waals surface area contributed by atoms with Crippen molar-refractivity contribution in [1.82, 2.24) is 20.4 Å². The minimum Gasteiger partial charge on any atom is -0.508 e. The summed E-state index contributed by atoms with van der Waals surface area (Å²) in [5.74, 6) is -0.0489. The highest BCUT2D eigenvalue weighted by molar-refractivity contribution is 6.03. The lowest BCUT2D eigenvalue weighted by Crippen LogP contribution is -2.32. The summed E-state index contributed by atoms with van der Waals surface area (Å²) in [6.45, 7) is 6.03. The van der Waals surface area contributed by atoms with E-state index in [1.165, 1.54) is 12.1 Å². The first-order valence-corrected chi connectivity index (χ1v) is 14.9. The fourth-order valence-electron chi connectivity index (χ4n) is 4.86. The van der Waals surface area contributed by atoms with Crippen LogP contribution in [0.2, 0.25) is 0 Å². The van der Waals surface area contributed by atoms with E-state index in [0.717, 1.165) is 35.2 Å². The van der Waals surface area contributed by atoms with Gasteiger partial charge in [0.15, 0.2) is 5.69 Å². The summed E-state index contributed by atoms with van der Waals surface area (Å²) in [7, 11) is 0. The average Bonchev–Trinajstić information content (AvgIpc) is 3.69. The number of carbonyl (C=O) groups excluding carboxylic acids is 2. The SMILES string of the molecule is CC(C)(C)OC(=O)NCc1cccc(-n2nc(C(F)(F)F)cc2C(=O)Nc2cccc(C(NCC3CC3)c3ccc(O)cc3)c2)c1. The Labute approximate surface area is 264 Å². The molecule has 0 spiro atoms. The van der Waals surface area contributed by atoms with Gasteiger partial charge in [-0.2, -0.15) is 18.3 Å². The second-order valence-electron chi connectivity index (χ2n) is 12.3. The van der Waals surface area contributed by atoms with Crippen LogP contribution in [-0.4, -0.2) is 39.0 Å². The van der Waals surface area contributed by atoms with Crippen LogP contribution < -0.4 is 16.0 Å². The molecule has 0 saturated heterocycles. The third kappa shape index (κ3) is 8.66. The second kappa shape index (κ2) is 13.3. The largest absolute Gasteiger partial charge is 0.508 e. The van der Waals surface area contributed by atoms with Crippen molar-refractivity contribution in [3.63, 3.8) is 0 Å². The van der Waals surface area contributed by atoms with Crippen molar-refractivity contribution in [3.8, 4) is 11.4 Å². The summed E-state index contributed by atoms with van der Waals surface area (Å²) in [6.07, 6.45) is -3.13. The van der Waals surface area contributed by atoms with Crippen LogP contribution in [0, 0.1) is 5.92 Å². The lowest BCUT2D eigenvalue weighted by molar-refractivity contribution is -0.141. The van der Waals surface area contributed by atoms with E-state index in [0.29, 0.717) is 23.2 Å². The number of nitrogens with zero attached hydrogens (tertiary/aromatic N) is 2. The fourth-order valence-corrected chi connectivity index (χ4v) is 4.86. The second-order valence-corrected chi connectivity index (χ2v) is 12.3. The Bertz CT molecular complexity index is 1690. The number of ether oxygens (including phenoxy) is 1. The predicted octanol–water partition coefficient (Wildman–Crippen LogP) is 6.96. The van der Waals surface area contributed by atoms with Gasteiger partial charge in [-0.15, -0.1) is 0 Å². The zero-order valence-corrected chi connectivity index (χ0v) is 25.7. The van der Waals surface area contributed by atoms with Crippen molar-refractivity contribution in [2.24, 2.45) is 5.92 Å². The molecule has 1 aromatic heterocycles. The Morgan fingerprint density at radius 1 is 0.978 bits per heavy atom. The molecule has 1 saturated carbocycles. The Kier molecular flexibility index (Phi) is 9.38. The van der Waals surface area contributed by atoms with E-state index in [1.807, 2.05) is 18.2 Å². The number of rotatable bonds is 10. The third-order valence-electron chi connectivity index (χ3n) is 7.24. The topological polar surface area (TPSA) is 118 Å². The van der Waals surface area contributed by atoms with E-state index in [9.17, 15) is 27.9 Å². The van der Waals surface area contributed by atoms with Crippen molar-refractivity contribution in [2.45, 2.75) is 58.0 Å². The van der Waals surface area contributed by atoms with Crippen LogP contribution in [-0.2, 0) is 17.5 Å². The number of amides is 2. The van der Waals surface area contributed by atoms with Crippen LogP contribution in [0.25, 0.3) is 5.69 Å². The molecular weight excluding hydrogens is 599 g/mol. The summed E-state index contributed by atoms with van der Waals surface area (Å²) < 4.78 is 47.5. The van der Waals surface area contributed by atoms with Gasteiger partial charge in [0.05, 0.1) is 11.7 Å². The molecule has 2 amide bonds. The highest BCUT2D eigenvalue weighted by atomic mass is 19.4. The Morgan fingerprint density at radius 2 is 1.70 bits per heavy atom. The number of hydrogen-bond donors (Lipinski definition) is 4. The molecule has 9 nitrogen and oxygen atoms in total. The average molecular weight is 636 g/mol. The normalized spacial score (nSPS) is 14.0. The van der Waals surface area contributed by atoms with E-state index in [4.69, 9.17) is 4.74 Å². The quantitative estimate of drug-likeness (QED) is 0.150. The fraction of sp³-hybridized carbons (Fsp3) is 0.324. The molecule has 5 rings (SSSR count). The number of anilines is 1. The third-order valence-corrected chi connectivity index (χ3v) is 7.24. The molecule has 4 aromatic rings. The smallest absolute Gasteiger partial charge is 0.435 e. The number of carbonyl (C=O) groups is 2. The Morgan fingerprint density at radius 3 is 2.37 bits per heavy atom. The minimum absolute atomic E-state index is 0.0431. The van der Waals surface area contributed by atoms with Crippen molar-refractivity contribution < 1.29 is 32.6 Å². The van der Waals surface area contributed by atoms with Gasteiger partial charge in [0.1, 0.15) is 17.0 Å². The van der Waals surface area contributed by atoms with Gasteiger partial charge in [0, 0.05) is 18.3 Å². The maximum absolute atomic E-state index is 13.8. The van der Waals surface area contributed by atoms with Crippen molar-refractivity contribution in [2.75, 3.05) is 11.9 Å². The van der Waals surface area contributed by atoms with Crippen molar-refractivity contribution >= 4 is 17.7 Å². The van der Waals surface area contributed by atoms with E-state index < -0.39 is 29.5 Å². The molecule has 1 atom stereocenters. The summed E-state index contributed by atoms with van der Waals surface area (Å²) in [5.41, 5.74) is 0.652. The summed E-state index contributed by atoms with van der Waals surface area (Å²) in [6, 6.07) is 20.7. The van der Waals surface area contributed by atoms with E-state index in [2.05, 4.69) is 21.0 Å². The summed E-state index contributed by atoms with van der Waals surface area (Å²) >= 11 is 0. The molecule has 4 N–H and O–H groups in total. The maximum Gasteiger partial charge on any atom is 0.435 e. The molecule has 3 aromatic carbocycles. The first kappa shape index (κ1) is 32.6. The van der Waals surface area contributed by atoms with E-state index in [-0.39, 0.29) is 29.7 Å². The molecule has 0 bridgehead atoms. The minimum atomic E-state index is -4.79. The number of alkyl carbamates (subject to hydrolysis) is 1. The zero-order valence-electron chi connectivity index (χ0n) is 25.7. The van der Waals surface area contributed by atoms with Crippen molar-refractivity contribution in [3.05, 3.63) is 107 Å². The molecule has 12 heteroatoms. The zero-order chi connectivity index (χ0) is 33.1. The molecule has 1 fully saturated rings. The first-order chi connectivity index (χ1) is 21.7. The van der Waals surface area contributed by atoms with Gasteiger partial charge in [0.25, 0.3) is 5.91 Å². The predicted molar refractivity (Wildman–Crippen MR) is 167 cm³/mol. The molecule has 1 aliphatic carbocycles. The van der Waals surface area contributed by atoms with Gasteiger partial charge < -0.3 is 25.8 Å². The number of aromatic hydroxyl groups is 1. The van der Waals surface area contributed by atoms with Gasteiger partial charge in [-0.3, -0.25) is 4.79 Å². The van der Waals surface area contributed by atoms with E-state index in [1.54, 1.807) is 63.2 Å². The number of phenols is 1. The lowest BCUT2D eigenvalue weighted by Gasteiger charge is -2.21. The molecule has 1 aliphatic rings. The summed E-state index contributed by atoms with van der Waals surface area (Å²) in [5, 5.41) is 22.4. The van der Waals surface area contributed by atoms with E-state index >= 15 is 0 Å². The molecule has 46 heavy (non-hydrogen) atoms. The standard InChI is InChI=1S/C34H36F3N5O4/c1-33(2,3)46-32(45)39-20-22-6-4-9-26(16-22)42-28(18-29(41-42)34(35,36)37)31(44)40-25-8-5-7-24(17-25)30(38-19-21-10-11-21)23-12-14-27(43)15-13-23/h4-9,12-18,21,30,38,43H,10-11,19-20H2,1-3H3,(H,39,45)(H,40,44). The number of phenolic OH excluding ortho intramolecular Hbond substituents is 1. The maximum atomic E-state index is 13.8. The van der Waals surface area contributed by atoms with Crippen molar-refractivity contribution in [1.29, 1.82) is 0 Å². The lowest BCUT2D eigenvalue weighted by atomic mass is 9.97. The van der Waals surface area contributed by atoms with Crippen LogP contribution in [0.15, 0.2) is 78.9 Å². The highest BCUT2D eigenvalue weighted by Crippen LogP contribution is 2.32. The van der Waals surface area contributed by atoms with Crippen LogP contribution in [0.3, 0.4) is 0 Å². The van der Waals surface area contributed by atoms with Crippen LogP contribution in [0.5, 0.6) is 5.75 Å². The molecule has 1 unspecified atom stereocenters. The van der Waals surface area contributed by atoms with Gasteiger partial charge >= 0.3 is 12.3 Å². The molecule has 1 heterocycles. The monoisotopic (exact) mass is 635 g/mol. The van der Waals surface area contributed by atoms with Crippen LogP contribution in [0.4, 0.5) is 23.7 Å². The van der Waals surface area contributed by atoms with Gasteiger partial charge in [-0.1, -0.05) is 36.4 Å². The van der Waals surface area contributed by atoms with Gasteiger partial charge in [-0.05, 0) is 99.2 Å². The van der Waals surface area contributed by atoms with Crippen LogP contribution >= 0.6 is 0 Å². The Hall–Kier alpha value is -4.84. The number of hydrogen-bond acceptors (Lipinski definition) is 6. The first-order valence-electron chi connectivity index (χ1n) is 14.9. The van der Waals surface area contributed by atoms with Crippen LogP contribution in [0.1, 0.15) is 72.5 Å². The molecule has 0 radical (unpaired) electrons. The Balaban J connectivity index is 1.39. The summed E-state index contributed by atoms with van der Waals surface area (Å²) in [4.78, 5) is 25.6. The molecular formula is C34H36F3N5O4.